The predicted octanol–water partition coefficient (Wildman–Crippen LogP) is 2.67. The summed E-state index contributed by atoms with van der Waals surface area (Å²) in [7, 11) is 0. The Balaban J connectivity index is 2.83. The normalized spacial score (nSPS) is 11.0. The van der Waals surface area contributed by atoms with E-state index < -0.39 is 18.2 Å². The molecule has 4 heteroatoms. The second kappa shape index (κ2) is 3.05. The number of hydrogen-bond acceptors (Lipinski definition) is 2. The molecule has 68 valence electrons. The molecule has 0 saturated heterocycles. The zero-order valence-corrected chi connectivity index (χ0v) is 7.37. The van der Waals surface area contributed by atoms with Crippen molar-refractivity contribution in [3.63, 3.8) is 0 Å². The summed E-state index contributed by atoms with van der Waals surface area (Å²) < 4.78 is 26.6. The molecule has 13 heavy (non-hydrogen) atoms. The zero-order chi connectivity index (χ0) is 9.42. The smallest absolute Gasteiger partial charge is 0.176 e. The molecular weight excluding hydrogens is 194 g/mol. The van der Waals surface area contributed by atoms with E-state index in [1.54, 1.807) is 11.4 Å². The molecule has 1 N–H and O–H groups in total. The van der Waals surface area contributed by atoms with Gasteiger partial charge in [-0.3, -0.25) is 0 Å². The van der Waals surface area contributed by atoms with Crippen LogP contribution in [0.3, 0.4) is 0 Å². The van der Waals surface area contributed by atoms with Gasteiger partial charge in [0.15, 0.2) is 11.6 Å². The largest absolute Gasteiger partial charge is 0.392 e. The van der Waals surface area contributed by atoms with Crippen LogP contribution >= 0.6 is 11.3 Å². The van der Waals surface area contributed by atoms with Crippen molar-refractivity contribution in [2.24, 2.45) is 0 Å². The van der Waals surface area contributed by atoms with Crippen LogP contribution in [0.4, 0.5) is 8.78 Å². The molecule has 0 radical (unpaired) electrons. The second-order valence-electron chi connectivity index (χ2n) is 2.66. The number of fused-ring (bicyclic) bond motifs is 1. The Morgan fingerprint density at radius 3 is 2.77 bits per heavy atom. The highest BCUT2D eigenvalue weighted by atomic mass is 32.1. The van der Waals surface area contributed by atoms with E-state index in [9.17, 15) is 8.78 Å². The Bertz CT molecular complexity index is 450. The third-order valence-electron chi connectivity index (χ3n) is 1.87. The highest BCUT2D eigenvalue weighted by Gasteiger charge is 2.13. The number of aliphatic hydroxyl groups is 1. The van der Waals surface area contributed by atoms with Gasteiger partial charge in [0.2, 0.25) is 0 Å². The molecule has 0 fully saturated rings. The average Bonchev–Trinajstić information content (AvgIpc) is 2.59. The molecule has 1 heterocycles. The van der Waals surface area contributed by atoms with E-state index in [0.717, 1.165) is 11.3 Å². The Labute approximate surface area is 77.2 Å². The third kappa shape index (κ3) is 1.22. The van der Waals surface area contributed by atoms with Crippen LogP contribution in [0.5, 0.6) is 0 Å². The first-order valence-electron chi connectivity index (χ1n) is 3.69. The summed E-state index contributed by atoms with van der Waals surface area (Å²) in [4.78, 5) is 0. The number of rotatable bonds is 1. The molecule has 0 bridgehead atoms. The fourth-order valence-corrected chi connectivity index (χ4v) is 2.02. The Morgan fingerprint density at radius 1 is 1.31 bits per heavy atom. The summed E-state index contributed by atoms with van der Waals surface area (Å²) in [6, 6.07) is 3.16. The van der Waals surface area contributed by atoms with Crippen LogP contribution in [-0.4, -0.2) is 5.11 Å². The fraction of sp³-hybridized carbons (Fsp3) is 0.111. The summed E-state index contributed by atoms with van der Waals surface area (Å²) in [5.41, 5.74) is 0.00315. The van der Waals surface area contributed by atoms with E-state index in [1.165, 1.54) is 6.07 Å². The lowest BCUT2D eigenvalue weighted by atomic mass is 10.1. The Hall–Kier alpha value is -1.00. The first kappa shape index (κ1) is 8.59. The SMILES string of the molecule is OCc1cc2ccsc2c(F)c1F. The van der Waals surface area contributed by atoms with Gasteiger partial charge in [0.05, 0.1) is 11.3 Å². The maximum absolute atomic E-state index is 13.2. The van der Waals surface area contributed by atoms with Gasteiger partial charge in [-0.2, -0.15) is 0 Å². The number of benzene rings is 1. The molecule has 2 aromatic rings. The van der Waals surface area contributed by atoms with Crippen molar-refractivity contribution in [3.8, 4) is 0 Å². The van der Waals surface area contributed by atoms with Crippen LogP contribution in [0.1, 0.15) is 5.56 Å². The highest BCUT2D eigenvalue weighted by molar-refractivity contribution is 7.17. The first-order chi connectivity index (χ1) is 6.24. The van der Waals surface area contributed by atoms with E-state index in [4.69, 9.17) is 5.11 Å². The maximum Gasteiger partial charge on any atom is 0.176 e. The second-order valence-corrected chi connectivity index (χ2v) is 3.58. The molecular formula is C9H6F2OS. The summed E-state index contributed by atoms with van der Waals surface area (Å²) in [5.74, 6) is -1.81. The van der Waals surface area contributed by atoms with Gasteiger partial charge in [0.1, 0.15) is 0 Å². The third-order valence-corrected chi connectivity index (χ3v) is 2.79. The molecule has 0 atom stereocenters. The van der Waals surface area contributed by atoms with Crippen molar-refractivity contribution in [1.29, 1.82) is 0 Å². The van der Waals surface area contributed by atoms with Gasteiger partial charge in [-0.25, -0.2) is 8.78 Å². The molecule has 2 rings (SSSR count). The monoisotopic (exact) mass is 200 g/mol. The van der Waals surface area contributed by atoms with Crippen LogP contribution in [-0.2, 0) is 6.61 Å². The number of halogens is 2. The fourth-order valence-electron chi connectivity index (χ4n) is 1.22. The molecule has 1 nitrogen and oxygen atoms in total. The lowest BCUT2D eigenvalue weighted by Gasteiger charge is -2.00. The van der Waals surface area contributed by atoms with Gasteiger partial charge >= 0.3 is 0 Å². The Kier molecular flexibility index (Phi) is 2.01. The van der Waals surface area contributed by atoms with Crippen molar-refractivity contribution in [2.45, 2.75) is 6.61 Å². The standard InChI is InChI=1S/C9H6F2OS/c10-7-6(4-12)3-5-1-2-13-9(5)8(7)11/h1-3,12H,4H2. The van der Waals surface area contributed by atoms with Crippen LogP contribution in [0, 0.1) is 11.6 Å². The van der Waals surface area contributed by atoms with Crippen molar-refractivity contribution >= 4 is 21.4 Å². The summed E-state index contributed by atoms with van der Waals surface area (Å²) in [5, 5.41) is 11.1. The highest BCUT2D eigenvalue weighted by Crippen LogP contribution is 2.27. The molecule has 0 aliphatic heterocycles. The summed E-state index contributed by atoms with van der Waals surface area (Å²) in [6.45, 7) is -0.478. The minimum Gasteiger partial charge on any atom is -0.392 e. The van der Waals surface area contributed by atoms with E-state index in [1.807, 2.05) is 0 Å². The molecule has 0 amide bonds. The number of thiophene rings is 1. The summed E-state index contributed by atoms with van der Waals surface area (Å²) in [6.07, 6.45) is 0. The first-order valence-corrected chi connectivity index (χ1v) is 4.57. The van der Waals surface area contributed by atoms with E-state index in [-0.39, 0.29) is 5.56 Å². The van der Waals surface area contributed by atoms with Crippen molar-refractivity contribution in [3.05, 3.63) is 34.7 Å². The van der Waals surface area contributed by atoms with Crippen molar-refractivity contribution in [2.75, 3.05) is 0 Å². The zero-order valence-electron chi connectivity index (χ0n) is 6.55. The van der Waals surface area contributed by atoms with Gasteiger partial charge in [-0.05, 0) is 22.9 Å². The summed E-state index contributed by atoms with van der Waals surface area (Å²) >= 11 is 1.15. The molecule has 0 spiro atoms. The van der Waals surface area contributed by atoms with Crippen LogP contribution < -0.4 is 0 Å². The van der Waals surface area contributed by atoms with Gasteiger partial charge in [0, 0.05) is 5.56 Å². The van der Waals surface area contributed by atoms with E-state index in [2.05, 4.69) is 0 Å². The number of aliphatic hydroxyl groups excluding tert-OH is 1. The van der Waals surface area contributed by atoms with Gasteiger partial charge in [0.25, 0.3) is 0 Å². The number of hydrogen-bond donors (Lipinski definition) is 1. The topological polar surface area (TPSA) is 20.2 Å². The van der Waals surface area contributed by atoms with Gasteiger partial charge < -0.3 is 5.11 Å². The molecule has 0 aliphatic rings. The quantitative estimate of drug-likeness (QED) is 0.750. The molecule has 0 saturated carbocycles. The van der Waals surface area contributed by atoms with Crippen LogP contribution in [0.15, 0.2) is 17.5 Å². The lowest BCUT2D eigenvalue weighted by Crippen LogP contribution is -1.93. The van der Waals surface area contributed by atoms with Crippen molar-refractivity contribution in [1.82, 2.24) is 0 Å². The maximum atomic E-state index is 13.2. The minimum absolute atomic E-state index is 0.00315. The van der Waals surface area contributed by atoms with Crippen molar-refractivity contribution < 1.29 is 13.9 Å². The molecule has 1 aromatic heterocycles. The Morgan fingerprint density at radius 2 is 2.08 bits per heavy atom. The van der Waals surface area contributed by atoms with Crippen LogP contribution in [0.2, 0.25) is 0 Å². The van der Waals surface area contributed by atoms with Crippen LogP contribution in [0.25, 0.3) is 10.1 Å². The van der Waals surface area contributed by atoms with E-state index in [0.29, 0.717) is 10.1 Å². The van der Waals surface area contributed by atoms with Gasteiger partial charge in [-0.1, -0.05) is 0 Å². The predicted molar refractivity (Wildman–Crippen MR) is 47.7 cm³/mol. The molecule has 1 aromatic carbocycles. The lowest BCUT2D eigenvalue weighted by molar-refractivity contribution is 0.274. The minimum atomic E-state index is -0.947. The molecule has 0 unspecified atom stereocenters. The average molecular weight is 200 g/mol. The molecule has 0 aliphatic carbocycles. The van der Waals surface area contributed by atoms with E-state index >= 15 is 0 Å². The van der Waals surface area contributed by atoms with Gasteiger partial charge in [-0.15, -0.1) is 11.3 Å².